The second-order valence-electron chi connectivity index (χ2n) is 17.1. The van der Waals surface area contributed by atoms with Gasteiger partial charge in [-0.15, -0.1) is 0 Å². The topological polar surface area (TPSA) is 175 Å². The Morgan fingerprint density at radius 3 is 1.93 bits per heavy atom. The first-order chi connectivity index (χ1) is 29.2. The van der Waals surface area contributed by atoms with Gasteiger partial charge in [-0.25, -0.2) is 28.3 Å². The van der Waals surface area contributed by atoms with Crippen molar-refractivity contribution < 1.29 is 37.4 Å². The van der Waals surface area contributed by atoms with E-state index < -0.39 is 43.0 Å². The second-order valence-corrected chi connectivity index (χ2v) is 17.1. The highest BCUT2D eigenvalue weighted by molar-refractivity contribution is 6.05. The number of aromatic nitrogens is 4. The fourth-order valence-electron chi connectivity index (χ4n) is 9.37. The van der Waals surface area contributed by atoms with Gasteiger partial charge < -0.3 is 39.9 Å². The minimum atomic E-state index is -2.93. The fraction of sp³-hybridized carbons (Fsp3) is 0.467. The van der Waals surface area contributed by atoms with Gasteiger partial charge in [-0.05, 0) is 77.3 Å². The Hall–Kier alpha value is -6.06. The van der Waals surface area contributed by atoms with E-state index in [-0.39, 0.29) is 35.7 Å². The van der Waals surface area contributed by atoms with Crippen LogP contribution < -0.4 is 10.6 Å². The first-order valence-electron chi connectivity index (χ1n) is 21.0. The number of imidazole rings is 2. The molecule has 0 saturated carbocycles. The number of methoxy groups -OCH3 is 2. The number of nitrogens with zero attached hydrogens (tertiary/aromatic N) is 4. The average Bonchev–Trinajstić information content (AvgIpc) is 4.09. The summed E-state index contributed by atoms with van der Waals surface area (Å²) in [6.45, 7) is 8.50. The lowest BCUT2D eigenvalue weighted by atomic mass is 9.91. The Labute approximate surface area is 352 Å². The van der Waals surface area contributed by atoms with Crippen LogP contribution in [0, 0.1) is 11.8 Å². The maximum atomic E-state index is 15.4. The molecule has 14 nitrogen and oxygen atoms in total. The van der Waals surface area contributed by atoms with Crippen molar-refractivity contribution in [1.82, 2.24) is 40.4 Å². The molecule has 2 saturated heterocycles. The lowest BCUT2D eigenvalue weighted by molar-refractivity contribution is -0.136. The standard InChI is InChI=1S/C45H52F2N8O6/c1-23(2)36(52-43(58)60-5)41(56)54-17-7-9-34(54)39-48-22-33(50-39)29-15-14-27(30-20-45(46,47)21-31(29)30)25-11-13-28-26(19-25)12-16-32-38(28)51-40(49-32)35-10-8-18-55(35)42(57)37(24(3)4)53-44(59)61-6/h11-16,19,22-24,34-37H,7-10,17-18,20-21H2,1-6H3,(H,48,50)(H,49,51)(H,52,58)(H,53,59)/t34-,35-,36-,37-/m0/s1. The number of rotatable bonds is 10. The summed E-state index contributed by atoms with van der Waals surface area (Å²) in [4.78, 5) is 71.6. The number of halogens is 2. The number of ether oxygens (including phenoxy) is 2. The molecule has 0 unspecified atom stereocenters. The molecule has 0 bridgehead atoms. The summed E-state index contributed by atoms with van der Waals surface area (Å²) in [7, 11) is 2.53. The second kappa shape index (κ2) is 16.4. The number of amides is 4. The number of H-pyrrole nitrogens is 2. The van der Waals surface area contributed by atoms with Crippen molar-refractivity contribution in [3.05, 3.63) is 71.4 Å². The van der Waals surface area contributed by atoms with Crippen molar-refractivity contribution >= 4 is 45.8 Å². The van der Waals surface area contributed by atoms with E-state index in [1.165, 1.54) is 14.2 Å². The largest absolute Gasteiger partial charge is 0.453 e. The summed E-state index contributed by atoms with van der Waals surface area (Å²) in [6, 6.07) is 11.4. The first kappa shape index (κ1) is 41.7. The van der Waals surface area contributed by atoms with Crippen LogP contribution in [0.25, 0.3) is 44.2 Å². The molecular weight excluding hydrogens is 787 g/mol. The predicted molar refractivity (Wildman–Crippen MR) is 225 cm³/mol. The van der Waals surface area contributed by atoms with Gasteiger partial charge in [0.05, 0.1) is 49.2 Å². The molecule has 16 heteroatoms. The SMILES string of the molecule is COC(=O)N[C@H](C(=O)N1CCC[C@H]1c1ncc(-c2ccc(-c3ccc4c(ccc5[nH]c([C@@H]6CCCN6C(=O)[C@@H](NC(=O)OC)C(C)C)nc54)c3)c3c2CC(F)(F)C3)[nH]1)C(C)C. The quantitative estimate of drug-likeness (QED) is 0.111. The number of fused-ring (bicyclic) bond motifs is 4. The molecule has 2 aromatic heterocycles. The molecule has 4 amide bonds. The zero-order valence-electron chi connectivity index (χ0n) is 35.2. The molecule has 61 heavy (non-hydrogen) atoms. The molecule has 1 aliphatic carbocycles. The van der Waals surface area contributed by atoms with Crippen molar-refractivity contribution in [3.8, 4) is 22.4 Å². The van der Waals surface area contributed by atoms with Crippen LogP contribution in [0.2, 0.25) is 0 Å². The monoisotopic (exact) mass is 838 g/mol. The van der Waals surface area contributed by atoms with Gasteiger partial charge >= 0.3 is 12.2 Å². The van der Waals surface area contributed by atoms with E-state index in [1.807, 2.05) is 70.2 Å². The van der Waals surface area contributed by atoms with E-state index in [1.54, 1.807) is 16.0 Å². The molecule has 4 N–H and O–H groups in total. The van der Waals surface area contributed by atoms with E-state index in [0.717, 1.165) is 52.2 Å². The summed E-state index contributed by atoms with van der Waals surface area (Å²) in [5.41, 5.74) is 5.48. The zero-order valence-corrected chi connectivity index (χ0v) is 35.2. The number of carbonyl (C=O) groups is 4. The number of carbonyl (C=O) groups excluding carboxylic acids is 4. The highest BCUT2D eigenvalue weighted by atomic mass is 19.3. The van der Waals surface area contributed by atoms with Crippen LogP contribution >= 0.6 is 0 Å². The molecule has 3 aliphatic rings. The molecule has 4 atom stereocenters. The maximum Gasteiger partial charge on any atom is 0.407 e. The van der Waals surface area contributed by atoms with Crippen LogP contribution in [-0.4, -0.2) is 99.1 Å². The summed E-state index contributed by atoms with van der Waals surface area (Å²) in [6.07, 6.45) is 2.43. The minimum Gasteiger partial charge on any atom is -0.453 e. The highest BCUT2D eigenvalue weighted by Gasteiger charge is 2.42. The van der Waals surface area contributed by atoms with Gasteiger partial charge in [0.2, 0.25) is 11.8 Å². The Balaban J connectivity index is 1.07. The third kappa shape index (κ3) is 7.87. The van der Waals surface area contributed by atoms with Crippen LogP contribution in [0.3, 0.4) is 0 Å². The summed E-state index contributed by atoms with van der Waals surface area (Å²) < 4.78 is 40.3. The Morgan fingerprint density at radius 1 is 0.770 bits per heavy atom. The number of alkyl carbamates (subject to hydrolysis) is 2. The zero-order chi connectivity index (χ0) is 43.3. The highest BCUT2D eigenvalue weighted by Crippen LogP contribution is 2.45. The lowest BCUT2D eigenvalue weighted by Gasteiger charge is -2.30. The van der Waals surface area contributed by atoms with Crippen LogP contribution in [0.1, 0.15) is 88.2 Å². The molecule has 2 fully saturated rings. The Kier molecular flexibility index (Phi) is 11.2. The third-order valence-corrected chi connectivity index (χ3v) is 12.5. The van der Waals surface area contributed by atoms with E-state index in [0.29, 0.717) is 53.5 Å². The van der Waals surface area contributed by atoms with Crippen LogP contribution in [0.4, 0.5) is 18.4 Å². The fourth-order valence-corrected chi connectivity index (χ4v) is 9.37. The summed E-state index contributed by atoms with van der Waals surface area (Å²) in [5, 5.41) is 7.13. The molecule has 0 radical (unpaired) electrons. The molecule has 4 heterocycles. The van der Waals surface area contributed by atoms with Crippen LogP contribution in [0.15, 0.2) is 48.7 Å². The normalized spacial score (nSPS) is 19.4. The number of aromatic amines is 2. The first-order valence-corrected chi connectivity index (χ1v) is 21.0. The smallest absolute Gasteiger partial charge is 0.407 e. The minimum absolute atomic E-state index is 0.155. The third-order valence-electron chi connectivity index (χ3n) is 12.5. The molecule has 322 valence electrons. The average molecular weight is 839 g/mol. The van der Waals surface area contributed by atoms with Gasteiger partial charge in [-0.1, -0.05) is 58.0 Å². The van der Waals surface area contributed by atoms with Gasteiger partial charge in [0.15, 0.2) is 0 Å². The van der Waals surface area contributed by atoms with Gasteiger partial charge in [0.1, 0.15) is 23.7 Å². The lowest BCUT2D eigenvalue weighted by Crippen LogP contribution is -2.51. The van der Waals surface area contributed by atoms with E-state index in [4.69, 9.17) is 14.5 Å². The molecule has 8 rings (SSSR count). The molecule has 5 aromatic rings. The number of hydrogen-bond acceptors (Lipinski definition) is 8. The van der Waals surface area contributed by atoms with Gasteiger partial charge in [-0.2, -0.15) is 0 Å². The predicted octanol–water partition coefficient (Wildman–Crippen LogP) is 7.60. The number of likely N-dealkylation sites (tertiary alicyclic amines) is 2. The van der Waals surface area contributed by atoms with Gasteiger partial charge in [0.25, 0.3) is 5.92 Å². The number of hydrogen-bond donors (Lipinski definition) is 4. The number of nitrogens with one attached hydrogen (secondary N) is 4. The van der Waals surface area contributed by atoms with Gasteiger partial charge in [0, 0.05) is 36.9 Å². The van der Waals surface area contributed by atoms with Crippen molar-refractivity contribution in [3.63, 3.8) is 0 Å². The van der Waals surface area contributed by atoms with E-state index in [2.05, 4.69) is 25.6 Å². The Bertz CT molecular complexity index is 2510. The van der Waals surface area contributed by atoms with Crippen molar-refractivity contribution in [2.45, 2.75) is 96.3 Å². The molecular formula is C45H52F2N8O6. The number of benzene rings is 3. The van der Waals surface area contributed by atoms with Crippen molar-refractivity contribution in [1.29, 1.82) is 0 Å². The number of alkyl halides is 2. The van der Waals surface area contributed by atoms with E-state index >= 15 is 8.78 Å². The molecule has 3 aromatic carbocycles. The van der Waals surface area contributed by atoms with Crippen molar-refractivity contribution in [2.75, 3.05) is 27.3 Å². The van der Waals surface area contributed by atoms with Crippen LogP contribution in [-0.2, 0) is 31.9 Å². The summed E-state index contributed by atoms with van der Waals surface area (Å²) in [5.74, 6) is -2.46. The van der Waals surface area contributed by atoms with Gasteiger partial charge in [-0.3, -0.25) is 9.59 Å². The van der Waals surface area contributed by atoms with Crippen LogP contribution in [0.5, 0.6) is 0 Å². The molecule has 2 aliphatic heterocycles. The van der Waals surface area contributed by atoms with Crippen molar-refractivity contribution in [2.24, 2.45) is 11.8 Å². The Morgan fingerprint density at radius 2 is 1.34 bits per heavy atom. The summed E-state index contributed by atoms with van der Waals surface area (Å²) >= 11 is 0. The van der Waals surface area contributed by atoms with E-state index in [9.17, 15) is 19.2 Å². The maximum absolute atomic E-state index is 15.4. The molecule has 0 spiro atoms.